The van der Waals surface area contributed by atoms with E-state index in [1.165, 1.54) is 7.11 Å². The number of benzene rings is 2. The first-order valence-electron chi connectivity index (χ1n) is 10.2. The molecule has 1 amide bonds. The summed E-state index contributed by atoms with van der Waals surface area (Å²) in [6.45, 7) is 1.38. The number of carbonyl (C=O) groups is 1. The smallest absolute Gasteiger partial charge is 0.251 e. The highest BCUT2D eigenvalue weighted by molar-refractivity contribution is 5.94. The summed E-state index contributed by atoms with van der Waals surface area (Å²) in [4.78, 5) is 18.8. The van der Waals surface area contributed by atoms with Gasteiger partial charge in [-0.3, -0.25) is 4.79 Å². The van der Waals surface area contributed by atoms with Crippen molar-refractivity contribution in [2.45, 2.75) is 0 Å². The number of aromatic hydroxyl groups is 1. The molecule has 0 spiro atoms. The maximum Gasteiger partial charge on any atom is 0.251 e. The number of hydrogen-bond donors (Lipinski definition) is 2. The molecule has 8 nitrogen and oxygen atoms in total. The third-order valence-electron chi connectivity index (χ3n) is 5.13. The van der Waals surface area contributed by atoms with Crippen LogP contribution in [0.25, 0.3) is 28.2 Å². The van der Waals surface area contributed by atoms with Crippen LogP contribution in [0.15, 0.2) is 60.8 Å². The van der Waals surface area contributed by atoms with Crippen LogP contribution in [0.1, 0.15) is 10.4 Å². The van der Waals surface area contributed by atoms with E-state index in [4.69, 9.17) is 9.84 Å². The van der Waals surface area contributed by atoms with Crippen molar-refractivity contribution in [3.63, 3.8) is 0 Å². The molecule has 2 aromatic carbocycles. The van der Waals surface area contributed by atoms with E-state index in [9.17, 15) is 9.90 Å². The SMILES string of the molecule is COc1cc(-c2ccc3ncc(-c4ccc(C(=O)NCCN(C)C)cc4)n3n2)ccc1O. The highest BCUT2D eigenvalue weighted by Crippen LogP contribution is 2.31. The number of ether oxygens (including phenoxy) is 1. The molecule has 2 N–H and O–H groups in total. The Bertz CT molecular complexity index is 1250. The molecule has 0 fully saturated rings. The third-order valence-corrected chi connectivity index (χ3v) is 5.13. The average Bonchev–Trinajstić information content (AvgIpc) is 3.22. The van der Waals surface area contributed by atoms with Crippen LogP contribution in [-0.4, -0.2) is 64.8 Å². The van der Waals surface area contributed by atoms with Gasteiger partial charge < -0.3 is 20.1 Å². The second-order valence-electron chi connectivity index (χ2n) is 7.66. The van der Waals surface area contributed by atoms with Gasteiger partial charge in [-0.05, 0) is 56.6 Å². The van der Waals surface area contributed by atoms with Gasteiger partial charge >= 0.3 is 0 Å². The van der Waals surface area contributed by atoms with Gasteiger partial charge in [-0.15, -0.1) is 0 Å². The molecule has 164 valence electrons. The minimum atomic E-state index is -0.0989. The number of phenols is 1. The lowest BCUT2D eigenvalue weighted by atomic mass is 10.1. The largest absolute Gasteiger partial charge is 0.504 e. The van der Waals surface area contributed by atoms with E-state index in [-0.39, 0.29) is 11.7 Å². The summed E-state index contributed by atoms with van der Waals surface area (Å²) in [5.74, 6) is 0.361. The number of hydrogen-bond acceptors (Lipinski definition) is 6. The van der Waals surface area contributed by atoms with Crippen LogP contribution in [0, 0.1) is 0 Å². The van der Waals surface area contributed by atoms with E-state index in [0.29, 0.717) is 29.2 Å². The number of fused-ring (bicyclic) bond motifs is 1. The quantitative estimate of drug-likeness (QED) is 0.467. The summed E-state index contributed by atoms with van der Waals surface area (Å²) >= 11 is 0. The fourth-order valence-corrected chi connectivity index (χ4v) is 3.35. The maximum absolute atomic E-state index is 12.3. The fraction of sp³-hybridized carbons (Fsp3) is 0.208. The summed E-state index contributed by atoms with van der Waals surface area (Å²) in [7, 11) is 5.44. The van der Waals surface area contributed by atoms with Crippen LogP contribution >= 0.6 is 0 Å². The highest BCUT2D eigenvalue weighted by Gasteiger charge is 2.12. The molecular weight excluding hydrogens is 406 g/mol. The number of rotatable bonds is 7. The molecule has 0 saturated heterocycles. The number of phenolic OH excluding ortho intramolecular Hbond substituents is 1. The zero-order valence-electron chi connectivity index (χ0n) is 18.2. The fourth-order valence-electron chi connectivity index (χ4n) is 3.35. The number of carbonyl (C=O) groups excluding carboxylic acids is 1. The lowest BCUT2D eigenvalue weighted by Gasteiger charge is -2.10. The molecule has 0 bridgehead atoms. The molecule has 0 saturated carbocycles. The first-order chi connectivity index (χ1) is 15.5. The maximum atomic E-state index is 12.3. The first kappa shape index (κ1) is 21.3. The van der Waals surface area contributed by atoms with E-state index < -0.39 is 0 Å². The molecule has 2 heterocycles. The van der Waals surface area contributed by atoms with Gasteiger partial charge in [0, 0.05) is 29.8 Å². The Morgan fingerprint density at radius 3 is 2.56 bits per heavy atom. The Hall–Kier alpha value is -3.91. The molecule has 32 heavy (non-hydrogen) atoms. The number of nitrogens with zero attached hydrogens (tertiary/aromatic N) is 4. The van der Waals surface area contributed by atoms with Gasteiger partial charge in [-0.2, -0.15) is 5.10 Å². The van der Waals surface area contributed by atoms with E-state index in [1.807, 2.05) is 43.3 Å². The second-order valence-corrected chi connectivity index (χ2v) is 7.66. The minimum absolute atomic E-state index is 0.0755. The van der Waals surface area contributed by atoms with Gasteiger partial charge in [0.1, 0.15) is 0 Å². The number of nitrogens with one attached hydrogen (secondary N) is 1. The van der Waals surface area contributed by atoms with Crippen molar-refractivity contribution >= 4 is 11.6 Å². The molecule has 0 aliphatic rings. The molecule has 4 aromatic rings. The van der Waals surface area contributed by atoms with Gasteiger partial charge in [-0.1, -0.05) is 12.1 Å². The molecular formula is C24H25N5O3. The highest BCUT2D eigenvalue weighted by atomic mass is 16.5. The van der Waals surface area contributed by atoms with Crippen molar-refractivity contribution in [1.82, 2.24) is 24.8 Å². The summed E-state index contributed by atoms with van der Waals surface area (Å²) < 4.78 is 6.97. The lowest BCUT2D eigenvalue weighted by Crippen LogP contribution is -2.31. The van der Waals surface area contributed by atoms with Crippen LogP contribution in [0.3, 0.4) is 0 Å². The Kier molecular flexibility index (Phi) is 6.04. The van der Waals surface area contributed by atoms with Crippen molar-refractivity contribution in [3.8, 4) is 34.0 Å². The molecule has 0 atom stereocenters. The Labute approximate surface area is 186 Å². The number of methoxy groups -OCH3 is 1. The van der Waals surface area contributed by atoms with E-state index in [1.54, 1.807) is 41.0 Å². The van der Waals surface area contributed by atoms with E-state index in [0.717, 1.165) is 23.4 Å². The zero-order chi connectivity index (χ0) is 22.7. The number of amides is 1. The molecule has 0 aliphatic carbocycles. The molecule has 2 aromatic heterocycles. The number of likely N-dealkylation sites (N-methyl/N-ethyl adjacent to an activating group) is 1. The summed E-state index contributed by atoms with van der Waals surface area (Å²) in [5, 5.41) is 17.5. The predicted octanol–water partition coefficient (Wildman–Crippen LogP) is 3.07. The van der Waals surface area contributed by atoms with Crippen molar-refractivity contribution in [2.75, 3.05) is 34.3 Å². The van der Waals surface area contributed by atoms with Crippen LogP contribution in [-0.2, 0) is 0 Å². The van der Waals surface area contributed by atoms with Crippen molar-refractivity contribution in [3.05, 3.63) is 66.4 Å². The summed E-state index contributed by atoms with van der Waals surface area (Å²) in [6.07, 6.45) is 1.76. The Morgan fingerprint density at radius 2 is 1.84 bits per heavy atom. The van der Waals surface area contributed by atoms with Crippen LogP contribution < -0.4 is 10.1 Å². The van der Waals surface area contributed by atoms with Gasteiger partial charge in [0.25, 0.3) is 5.91 Å². The van der Waals surface area contributed by atoms with Crippen molar-refractivity contribution in [2.24, 2.45) is 0 Å². The predicted molar refractivity (Wildman–Crippen MR) is 123 cm³/mol. The van der Waals surface area contributed by atoms with Crippen LogP contribution in [0.4, 0.5) is 0 Å². The van der Waals surface area contributed by atoms with Crippen molar-refractivity contribution in [1.29, 1.82) is 0 Å². The van der Waals surface area contributed by atoms with Gasteiger partial charge in [0.05, 0.1) is 24.7 Å². The van der Waals surface area contributed by atoms with Crippen LogP contribution in [0.2, 0.25) is 0 Å². The van der Waals surface area contributed by atoms with Gasteiger partial charge in [0.15, 0.2) is 17.1 Å². The number of imidazole rings is 1. The molecule has 4 rings (SSSR count). The molecule has 0 aliphatic heterocycles. The van der Waals surface area contributed by atoms with Gasteiger partial charge in [0.2, 0.25) is 0 Å². The zero-order valence-corrected chi connectivity index (χ0v) is 18.2. The monoisotopic (exact) mass is 431 g/mol. The van der Waals surface area contributed by atoms with E-state index in [2.05, 4.69) is 10.3 Å². The van der Waals surface area contributed by atoms with Crippen LogP contribution in [0.5, 0.6) is 11.5 Å². The summed E-state index contributed by atoms with van der Waals surface area (Å²) in [6, 6.07) is 16.2. The Morgan fingerprint density at radius 1 is 1.09 bits per heavy atom. The van der Waals surface area contributed by atoms with Crippen molar-refractivity contribution < 1.29 is 14.6 Å². The standard InChI is InChI=1S/C24H25N5O3/c1-28(2)13-12-25-24(31)17-6-4-16(5-7-17)20-15-26-23-11-9-19(27-29(20)23)18-8-10-21(30)22(14-18)32-3/h4-11,14-15,30H,12-13H2,1-3H3,(H,25,31). The normalized spacial score (nSPS) is 11.1. The lowest BCUT2D eigenvalue weighted by molar-refractivity contribution is 0.0951. The Balaban J connectivity index is 1.61. The molecule has 0 radical (unpaired) electrons. The topological polar surface area (TPSA) is 92.0 Å². The third kappa shape index (κ3) is 4.40. The minimum Gasteiger partial charge on any atom is -0.504 e. The second kappa shape index (κ2) is 9.07. The molecule has 8 heteroatoms. The van der Waals surface area contributed by atoms with E-state index >= 15 is 0 Å². The number of aromatic nitrogens is 3. The average molecular weight is 431 g/mol. The molecule has 0 unspecified atom stereocenters. The first-order valence-corrected chi connectivity index (χ1v) is 10.2. The summed E-state index contributed by atoms with van der Waals surface area (Å²) in [5.41, 5.74) is 4.55. The van der Waals surface area contributed by atoms with Gasteiger partial charge in [-0.25, -0.2) is 9.50 Å².